The summed E-state index contributed by atoms with van der Waals surface area (Å²) in [6.45, 7) is 4.18. The third-order valence-electron chi connectivity index (χ3n) is 4.36. The van der Waals surface area contributed by atoms with Gasteiger partial charge in [0.1, 0.15) is 0 Å². The normalized spacial score (nSPS) is 22.4. The Morgan fingerprint density at radius 2 is 1.86 bits per heavy atom. The third kappa shape index (κ3) is 4.55. The summed E-state index contributed by atoms with van der Waals surface area (Å²) in [6, 6.07) is 8.24. The molecule has 0 amide bonds. The molecule has 1 saturated carbocycles. The predicted molar refractivity (Wildman–Crippen MR) is 84.3 cm³/mol. The first-order valence-corrected chi connectivity index (χ1v) is 7.92. The van der Waals surface area contributed by atoms with Crippen LogP contribution in [-0.2, 0) is 6.54 Å². The van der Waals surface area contributed by atoms with Crippen LogP contribution in [0.15, 0.2) is 24.3 Å². The van der Waals surface area contributed by atoms with E-state index in [1.165, 1.54) is 18.4 Å². The molecule has 0 saturated heterocycles. The zero-order valence-corrected chi connectivity index (χ0v) is 12.8. The SMILES string of the molecule is CCCN(Cc1ccc(C(=O)O)cc1)C1CCC(N)CC1. The van der Waals surface area contributed by atoms with Crippen molar-refractivity contribution in [3.05, 3.63) is 35.4 Å². The van der Waals surface area contributed by atoms with Gasteiger partial charge in [0.05, 0.1) is 5.56 Å². The number of nitrogens with zero attached hydrogens (tertiary/aromatic N) is 1. The molecule has 1 fully saturated rings. The Balaban J connectivity index is 2.00. The molecule has 0 radical (unpaired) electrons. The van der Waals surface area contributed by atoms with E-state index >= 15 is 0 Å². The molecule has 0 heterocycles. The van der Waals surface area contributed by atoms with E-state index in [0.717, 1.165) is 32.4 Å². The number of carboxylic acid groups (broad SMARTS) is 1. The Labute approximate surface area is 126 Å². The minimum atomic E-state index is -0.867. The van der Waals surface area contributed by atoms with E-state index in [0.29, 0.717) is 17.6 Å². The van der Waals surface area contributed by atoms with Crippen molar-refractivity contribution in [1.82, 2.24) is 4.90 Å². The smallest absolute Gasteiger partial charge is 0.335 e. The zero-order chi connectivity index (χ0) is 15.2. The van der Waals surface area contributed by atoms with Crippen LogP contribution in [0.4, 0.5) is 0 Å². The van der Waals surface area contributed by atoms with Crippen LogP contribution in [0, 0.1) is 0 Å². The van der Waals surface area contributed by atoms with Crippen molar-refractivity contribution in [2.75, 3.05) is 6.54 Å². The standard InChI is InChI=1S/C17H26N2O2/c1-2-11-19(16-9-7-15(18)8-10-16)12-13-3-5-14(6-4-13)17(20)21/h3-6,15-16H,2,7-12,18H2,1H3,(H,20,21). The van der Waals surface area contributed by atoms with Crippen molar-refractivity contribution >= 4 is 5.97 Å². The van der Waals surface area contributed by atoms with Crippen LogP contribution < -0.4 is 5.73 Å². The maximum absolute atomic E-state index is 10.9. The number of carbonyl (C=O) groups is 1. The average Bonchev–Trinajstić information content (AvgIpc) is 2.48. The van der Waals surface area contributed by atoms with E-state index in [2.05, 4.69) is 11.8 Å². The van der Waals surface area contributed by atoms with Crippen LogP contribution in [-0.4, -0.2) is 34.6 Å². The van der Waals surface area contributed by atoms with Crippen LogP contribution in [0.1, 0.15) is 54.9 Å². The van der Waals surface area contributed by atoms with E-state index in [4.69, 9.17) is 10.8 Å². The first-order valence-electron chi connectivity index (χ1n) is 7.92. The number of hydrogen-bond donors (Lipinski definition) is 2. The Hall–Kier alpha value is -1.39. The average molecular weight is 290 g/mol. The van der Waals surface area contributed by atoms with Crippen molar-refractivity contribution in [2.45, 2.75) is 57.7 Å². The molecule has 1 aromatic rings. The lowest BCUT2D eigenvalue weighted by Gasteiger charge is -2.36. The van der Waals surface area contributed by atoms with E-state index in [-0.39, 0.29) is 0 Å². The summed E-state index contributed by atoms with van der Waals surface area (Å²) in [4.78, 5) is 13.4. The second kappa shape index (κ2) is 7.57. The quantitative estimate of drug-likeness (QED) is 0.845. The Morgan fingerprint density at radius 3 is 2.38 bits per heavy atom. The molecule has 0 unspecified atom stereocenters. The van der Waals surface area contributed by atoms with Crippen molar-refractivity contribution in [1.29, 1.82) is 0 Å². The summed E-state index contributed by atoms with van der Waals surface area (Å²) in [5, 5.41) is 8.95. The molecule has 3 N–H and O–H groups in total. The zero-order valence-electron chi connectivity index (χ0n) is 12.8. The van der Waals surface area contributed by atoms with E-state index in [9.17, 15) is 4.79 Å². The van der Waals surface area contributed by atoms with Gasteiger partial charge < -0.3 is 10.8 Å². The highest BCUT2D eigenvalue weighted by Crippen LogP contribution is 2.24. The molecule has 0 atom stereocenters. The van der Waals surface area contributed by atoms with Gasteiger partial charge in [-0.15, -0.1) is 0 Å². The van der Waals surface area contributed by atoms with Gasteiger partial charge in [-0.2, -0.15) is 0 Å². The number of carboxylic acids is 1. The predicted octanol–water partition coefficient (Wildman–Crippen LogP) is 2.87. The Bertz CT molecular complexity index is 450. The fourth-order valence-corrected chi connectivity index (χ4v) is 3.13. The van der Waals surface area contributed by atoms with Gasteiger partial charge in [0, 0.05) is 18.6 Å². The van der Waals surface area contributed by atoms with Gasteiger partial charge in [-0.25, -0.2) is 4.79 Å². The van der Waals surface area contributed by atoms with E-state index in [1.807, 2.05) is 12.1 Å². The fourth-order valence-electron chi connectivity index (χ4n) is 3.13. The lowest BCUT2D eigenvalue weighted by molar-refractivity contribution is 0.0697. The molecule has 4 heteroatoms. The van der Waals surface area contributed by atoms with Gasteiger partial charge in [0.15, 0.2) is 0 Å². The molecule has 0 spiro atoms. The van der Waals surface area contributed by atoms with Crippen molar-refractivity contribution in [2.24, 2.45) is 5.73 Å². The Kier molecular flexibility index (Phi) is 5.76. The van der Waals surface area contributed by atoms with Crippen LogP contribution in [0.25, 0.3) is 0 Å². The molecule has 0 aromatic heterocycles. The first-order chi connectivity index (χ1) is 10.1. The van der Waals surface area contributed by atoms with Crippen LogP contribution in [0.3, 0.4) is 0 Å². The van der Waals surface area contributed by atoms with Gasteiger partial charge in [0.2, 0.25) is 0 Å². The fraction of sp³-hybridized carbons (Fsp3) is 0.588. The second-order valence-electron chi connectivity index (χ2n) is 6.04. The Morgan fingerprint density at radius 1 is 1.24 bits per heavy atom. The topological polar surface area (TPSA) is 66.6 Å². The van der Waals surface area contributed by atoms with Crippen LogP contribution in [0.5, 0.6) is 0 Å². The second-order valence-corrected chi connectivity index (χ2v) is 6.04. The molecular formula is C17H26N2O2. The number of nitrogens with two attached hydrogens (primary N) is 1. The number of benzene rings is 1. The number of aromatic carboxylic acids is 1. The maximum atomic E-state index is 10.9. The van der Waals surface area contributed by atoms with Gasteiger partial charge in [-0.1, -0.05) is 19.1 Å². The van der Waals surface area contributed by atoms with Crippen molar-refractivity contribution in [3.8, 4) is 0 Å². The molecular weight excluding hydrogens is 264 g/mol. The summed E-state index contributed by atoms with van der Waals surface area (Å²) in [6.07, 6.45) is 5.71. The molecule has 0 aliphatic heterocycles. The monoisotopic (exact) mass is 290 g/mol. The molecule has 21 heavy (non-hydrogen) atoms. The number of rotatable bonds is 6. The third-order valence-corrected chi connectivity index (χ3v) is 4.36. The highest BCUT2D eigenvalue weighted by Gasteiger charge is 2.23. The molecule has 2 rings (SSSR count). The van der Waals surface area contributed by atoms with Crippen LogP contribution >= 0.6 is 0 Å². The number of hydrogen-bond acceptors (Lipinski definition) is 3. The summed E-state index contributed by atoms with van der Waals surface area (Å²) in [5.74, 6) is -0.867. The first kappa shape index (κ1) is 16.0. The molecule has 4 nitrogen and oxygen atoms in total. The van der Waals surface area contributed by atoms with Crippen LogP contribution in [0.2, 0.25) is 0 Å². The van der Waals surface area contributed by atoms with E-state index in [1.54, 1.807) is 12.1 Å². The lowest BCUT2D eigenvalue weighted by atomic mass is 9.90. The van der Waals surface area contributed by atoms with Gasteiger partial charge >= 0.3 is 5.97 Å². The van der Waals surface area contributed by atoms with Crippen molar-refractivity contribution < 1.29 is 9.90 Å². The van der Waals surface area contributed by atoms with Gasteiger partial charge in [-0.3, -0.25) is 4.90 Å². The maximum Gasteiger partial charge on any atom is 0.335 e. The molecule has 1 aromatic carbocycles. The molecule has 116 valence electrons. The summed E-state index contributed by atoms with van der Waals surface area (Å²) < 4.78 is 0. The van der Waals surface area contributed by atoms with E-state index < -0.39 is 5.97 Å². The van der Waals surface area contributed by atoms with Gasteiger partial charge in [-0.05, 0) is 56.3 Å². The highest BCUT2D eigenvalue weighted by molar-refractivity contribution is 5.87. The summed E-state index contributed by atoms with van der Waals surface area (Å²) in [5.41, 5.74) is 7.53. The minimum Gasteiger partial charge on any atom is -0.478 e. The minimum absolute atomic E-state index is 0.351. The van der Waals surface area contributed by atoms with Gasteiger partial charge in [0.25, 0.3) is 0 Å². The molecule has 1 aliphatic rings. The van der Waals surface area contributed by atoms with Crippen molar-refractivity contribution in [3.63, 3.8) is 0 Å². The molecule has 1 aliphatic carbocycles. The highest BCUT2D eigenvalue weighted by atomic mass is 16.4. The molecule has 0 bridgehead atoms. The summed E-state index contributed by atoms with van der Waals surface area (Å²) in [7, 11) is 0. The summed E-state index contributed by atoms with van der Waals surface area (Å²) >= 11 is 0. The lowest BCUT2D eigenvalue weighted by Crippen LogP contribution is -2.40. The largest absolute Gasteiger partial charge is 0.478 e.